The van der Waals surface area contributed by atoms with Gasteiger partial charge in [0.2, 0.25) is 0 Å². The molecule has 3 nitrogen and oxygen atoms in total. The molecule has 2 heterocycles. The quantitative estimate of drug-likeness (QED) is 0.900. The highest BCUT2D eigenvalue weighted by atomic mass is 19.1. The molecule has 102 valence electrons. The van der Waals surface area contributed by atoms with Gasteiger partial charge in [-0.2, -0.15) is 0 Å². The molecule has 4 heteroatoms. The summed E-state index contributed by atoms with van der Waals surface area (Å²) in [5.74, 6) is 0.778. The van der Waals surface area contributed by atoms with E-state index in [0.717, 1.165) is 30.9 Å². The van der Waals surface area contributed by atoms with Crippen molar-refractivity contribution in [3.8, 4) is 0 Å². The molecule has 1 aliphatic rings. The lowest BCUT2D eigenvalue weighted by Crippen LogP contribution is -2.29. The average molecular weight is 261 g/mol. The van der Waals surface area contributed by atoms with Crippen molar-refractivity contribution < 1.29 is 4.39 Å². The number of benzene rings is 1. The second-order valence-electron chi connectivity index (χ2n) is 5.99. The van der Waals surface area contributed by atoms with Gasteiger partial charge in [0.05, 0.1) is 5.52 Å². The Morgan fingerprint density at radius 2 is 2.21 bits per heavy atom. The molecular formula is C15H20FN3. The van der Waals surface area contributed by atoms with Gasteiger partial charge >= 0.3 is 0 Å². The first-order valence-electron chi connectivity index (χ1n) is 6.90. The third kappa shape index (κ3) is 1.86. The Morgan fingerprint density at radius 3 is 2.84 bits per heavy atom. The Kier molecular flexibility index (Phi) is 2.86. The van der Waals surface area contributed by atoms with Crippen molar-refractivity contribution in [2.24, 2.45) is 0 Å². The summed E-state index contributed by atoms with van der Waals surface area (Å²) in [7, 11) is 0. The smallest absolute Gasteiger partial charge is 0.151 e. The zero-order chi connectivity index (χ0) is 13.6. The highest BCUT2D eigenvalue weighted by Gasteiger charge is 2.36. The first-order valence-corrected chi connectivity index (χ1v) is 6.90. The van der Waals surface area contributed by atoms with Gasteiger partial charge in [-0.1, -0.05) is 13.0 Å². The summed E-state index contributed by atoms with van der Waals surface area (Å²) < 4.78 is 16.1. The highest BCUT2D eigenvalue weighted by molar-refractivity contribution is 5.77. The first kappa shape index (κ1) is 12.6. The van der Waals surface area contributed by atoms with Crippen LogP contribution in [0.1, 0.15) is 39.1 Å². The van der Waals surface area contributed by atoms with Crippen LogP contribution in [0.2, 0.25) is 0 Å². The fourth-order valence-corrected chi connectivity index (χ4v) is 3.04. The largest absolute Gasteiger partial charge is 0.325 e. The van der Waals surface area contributed by atoms with E-state index >= 15 is 0 Å². The van der Waals surface area contributed by atoms with E-state index < -0.39 is 0 Å². The maximum absolute atomic E-state index is 14.0. The first-order chi connectivity index (χ1) is 9.03. The second kappa shape index (κ2) is 4.30. The van der Waals surface area contributed by atoms with Crippen LogP contribution in [-0.2, 0) is 5.41 Å². The van der Waals surface area contributed by atoms with E-state index in [9.17, 15) is 4.39 Å². The molecule has 0 spiro atoms. The van der Waals surface area contributed by atoms with E-state index in [1.165, 1.54) is 6.07 Å². The fraction of sp³-hybridized carbons (Fsp3) is 0.533. The normalized spacial score (nSPS) is 23.6. The summed E-state index contributed by atoms with van der Waals surface area (Å²) >= 11 is 0. The third-order valence-corrected chi connectivity index (χ3v) is 4.10. The van der Waals surface area contributed by atoms with Gasteiger partial charge in [0.1, 0.15) is 11.3 Å². The molecule has 0 saturated carbocycles. The predicted molar refractivity (Wildman–Crippen MR) is 74.9 cm³/mol. The number of nitrogens with one attached hydrogen (secondary N) is 1. The zero-order valence-corrected chi connectivity index (χ0v) is 11.7. The van der Waals surface area contributed by atoms with Crippen molar-refractivity contribution in [3.05, 3.63) is 29.8 Å². The second-order valence-corrected chi connectivity index (χ2v) is 5.99. The van der Waals surface area contributed by atoms with Crippen LogP contribution in [0.3, 0.4) is 0 Å². The molecule has 1 saturated heterocycles. The molecule has 19 heavy (non-hydrogen) atoms. The predicted octanol–water partition coefficient (Wildman–Crippen LogP) is 3.01. The number of hydrogen-bond donors (Lipinski definition) is 1. The number of aromatic nitrogens is 2. The van der Waals surface area contributed by atoms with E-state index in [1.54, 1.807) is 6.07 Å². The topological polar surface area (TPSA) is 29.9 Å². The van der Waals surface area contributed by atoms with Gasteiger partial charge in [0, 0.05) is 18.0 Å². The summed E-state index contributed by atoms with van der Waals surface area (Å²) in [6.07, 6.45) is 1.05. The summed E-state index contributed by atoms with van der Waals surface area (Å²) in [6.45, 7) is 8.37. The van der Waals surface area contributed by atoms with Crippen LogP contribution < -0.4 is 5.32 Å². The van der Waals surface area contributed by atoms with Crippen LogP contribution in [0.15, 0.2) is 18.2 Å². The lowest BCUT2D eigenvalue weighted by atomic mass is 9.88. The summed E-state index contributed by atoms with van der Waals surface area (Å²) in [4.78, 5) is 4.64. The van der Waals surface area contributed by atoms with Crippen LogP contribution in [0.25, 0.3) is 11.0 Å². The lowest BCUT2D eigenvalue weighted by Gasteiger charge is -2.25. The zero-order valence-electron chi connectivity index (χ0n) is 11.7. The minimum atomic E-state index is -0.229. The molecule has 1 aromatic carbocycles. The highest BCUT2D eigenvalue weighted by Crippen LogP contribution is 2.34. The van der Waals surface area contributed by atoms with Crippen molar-refractivity contribution in [1.29, 1.82) is 0 Å². The number of halogens is 1. The van der Waals surface area contributed by atoms with Crippen LogP contribution in [0.4, 0.5) is 4.39 Å². The number of imidazole rings is 1. The third-order valence-electron chi connectivity index (χ3n) is 4.10. The van der Waals surface area contributed by atoms with Gasteiger partial charge < -0.3 is 9.88 Å². The van der Waals surface area contributed by atoms with Crippen molar-refractivity contribution in [2.75, 3.05) is 13.1 Å². The van der Waals surface area contributed by atoms with Gasteiger partial charge in [-0.3, -0.25) is 0 Å². The van der Waals surface area contributed by atoms with Crippen LogP contribution >= 0.6 is 0 Å². The van der Waals surface area contributed by atoms with Crippen LogP contribution in [0, 0.1) is 5.82 Å². The van der Waals surface area contributed by atoms with E-state index in [2.05, 4.69) is 35.6 Å². The van der Waals surface area contributed by atoms with Gasteiger partial charge in [0.25, 0.3) is 0 Å². The molecule has 0 amide bonds. The molecule has 0 aliphatic carbocycles. The van der Waals surface area contributed by atoms with E-state index in [-0.39, 0.29) is 17.3 Å². The van der Waals surface area contributed by atoms with Crippen molar-refractivity contribution >= 4 is 11.0 Å². The fourth-order valence-electron chi connectivity index (χ4n) is 3.04. The average Bonchev–Trinajstić information content (AvgIpc) is 2.94. The number of fused-ring (bicyclic) bond motifs is 1. The van der Waals surface area contributed by atoms with Crippen molar-refractivity contribution in [3.63, 3.8) is 0 Å². The Labute approximate surface area is 112 Å². The van der Waals surface area contributed by atoms with Gasteiger partial charge in [0.15, 0.2) is 5.82 Å². The van der Waals surface area contributed by atoms with Crippen molar-refractivity contribution in [1.82, 2.24) is 14.9 Å². The minimum Gasteiger partial charge on any atom is -0.325 e. The molecule has 3 rings (SSSR count). The van der Waals surface area contributed by atoms with Gasteiger partial charge in [-0.15, -0.1) is 0 Å². The molecule has 1 aliphatic heterocycles. The monoisotopic (exact) mass is 261 g/mol. The lowest BCUT2D eigenvalue weighted by molar-refractivity contribution is 0.442. The number of para-hydroxylation sites is 1. The minimum absolute atomic E-state index is 0.00424. The standard InChI is InChI=1S/C15H20FN3/c1-10(2)19-12-6-4-5-11(16)13(12)18-14(19)15(3)7-8-17-9-15/h4-6,10,17H,7-9H2,1-3H3. The molecule has 1 unspecified atom stereocenters. The molecular weight excluding hydrogens is 241 g/mol. The van der Waals surface area contributed by atoms with E-state index in [4.69, 9.17) is 0 Å². The Hall–Kier alpha value is -1.42. The summed E-state index contributed by atoms with van der Waals surface area (Å²) in [5, 5.41) is 3.39. The Bertz CT molecular complexity index is 609. The summed E-state index contributed by atoms with van der Waals surface area (Å²) in [6, 6.07) is 5.48. The maximum atomic E-state index is 14.0. The van der Waals surface area contributed by atoms with Crippen LogP contribution in [0.5, 0.6) is 0 Å². The van der Waals surface area contributed by atoms with Crippen molar-refractivity contribution in [2.45, 2.75) is 38.6 Å². The number of nitrogens with zero attached hydrogens (tertiary/aromatic N) is 2. The summed E-state index contributed by atoms with van der Waals surface area (Å²) in [5.41, 5.74) is 1.40. The molecule has 0 radical (unpaired) electrons. The van der Waals surface area contributed by atoms with E-state index in [1.807, 2.05) is 6.07 Å². The molecule has 1 fully saturated rings. The molecule has 0 bridgehead atoms. The maximum Gasteiger partial charge on any atom is 0.151 e. The van der Waals surface area contributed by atoms with Gasteiger partial charge in [-0.25, -0.2) is 9.37 Å². The Balaban J connectivity index is 2.29. The molecule has 2 aromatic rings. The number of hydrogen-bond acceptors (Lipinski definition) is 2. The molecule has 1 aromatic heterocycles. The van der Waals surface area contributed by atoms with Gasteiger partial charge in [-0.05, 0) is 38.9 Å². The van der Waals surface area contributed by atoms with Crippen LogP contribution in [-0.4, -0.2) is 22.6 Å². The molecule has 1 N–H and O–H groups in total. The SMILES string of the molecule is CC(C)n1c(C2(C)CCNC2)nc2c(F)cccc21. The molecule has 1 atom stereocenters. The Morgan fingerprint density at radius 1 is 1.42 bits per heavy atom. The van der Waals surface area contributed by atoms with E-state index in [0.29, 0.717) is 5.52 Å². The number of rotatable bonds is 2.